The monoisotopic (exact) mass is 160 g/mol. The lowest BCUT2D eigenvalue weighted by atomic mass is 10.2. The average molecular weight is 160 g/mol. The van der Waals surface area contributed by atoms with Gasteiger partial charge in [-0.1, -0.05) is 49.6 Å². The second-order valence-corrected chi connectivity index (χ2v) is 2.40. The van der Waals surface area contributed by atoms with Crippen LogP contribution in [-0.4, -0.2) is 0 Å². The fourth-order valence-corrected chi connectivity index (χ4v) is 0.712. The van der Waals surface area contributed by atoms with Gasteiger partial charge in [0.25, 0.3) is 0 Å². The first-order valence-electron chi connectivity index (χ1n) is 4.03. The van der Waals surface area contributed by atoms with E-state index in [9.17, 15) is 0 Å². The molecular formula is C12H16. The van der Waals surface area contributed by atoms with Gasteiger partial charge in [-0.2, -0.15) is 0 Å². The molecule has 0 heterocycles. The van der Waals surface area contributed by atoms with Crippen LogP contribution in [0.3, 0.4) is 0 Å². The molecule has 0 unspecified atom stereocenters. The molecule has 0 saturated carbocycles. The highest BCUT2D eigenvalue weighted by Crippen LogP contribution is 2.02. The van der Waals surface area contributed by atoms with Crippen molar-refractivity contribution in [1.82, 2.24) is 0 Å². The molecule has 0 aliphatic heterocycles. The highest BCUT2D eigenvalue weighted by molar-refractivity contribution is 5.36. The van der Waals surface area contributed by atoms with Crippen molar-refractivity contribution < 1.29 is 0 Å². The highest BCUT2D eigenvalue weighted by atomic mass is 13.9. The Labute approximate surface area is 75.3 Å². The van der Waals surface area contributed by atoms with Gasteiger partial charge in [-0.3, -0.25) is 0 Å². The SMILES string of the molecule is C=CC(=C)\C=C/C(=C\C)/C=C/C. The normalized spacial score (nSPS) is 12.7. The van der Waals surface area contributed by atoms with Crippen LogP contribution in [0.2, 0.25) is 0 Å². The van der Waals surface area contributed by atoms with Gasteiger partial charge in [0.05, 0.1) is 0 Å². The van der Waals surface area contributed by atoms with E-state index in [1.165, 1.54) is 5.57 Å². The minimum Gasteiger partial charge on any atom is -0.0985 e. The van der Waals surface area contributed by atoms with Crippen molar-refractivity contribution in [3.05, 3.63) is 60.8 Å². The lowest BCUT2D eigenvalue weighted by Gasteiger charge is -1.91. The van der Waals surface area contributed by atoms with Gasteiger partial charge in [-0.15, -0.1) is 0 Å². The molecule has 0 nitrogen and oxygen atoms in total. The third-order valence-corrected chi connectivity index (χ3v) is 1.44. The van der Waals surface area contributed by atoms with Crippen molar-refractivity contribution in [2.45, 2.75) is 13.8 Å². The second-order valence-electron chi connectivity index (χ2n) is 2.40. The average Bonchev–Trinajstić information content (AvgIpc) is 2.11. The molecule has 0 aromatic carbocycles. The number of hydrogen-bond donors (Lipinski definition) is 0. The van der Waals surface area contributed by atoms with E-state index in [-0.39, 0.29) is 0 Å². The van der Waals surface area contributed by atoms with E-state index in [0.717, 1.165) is 5.57 Å². The Morgan fingerprint density at radius 3 is 2.17 bits per heavy atom. The molecule has 0 N–H and O–H groups in total. The van der Waals surface area contributed by atoms with Gasteiger partial charge in [0, 0.05) is 0 Å². The largest absolute Gasteiger partial charge is 0.0985 e. The van der Waals surface area contributed by atoms with Crippen LogP contribution < -0.4 is 0 Å². The molecule has 0 bridgehead atoms. The molecule has 64 valence electrons. The summed E-state index contributed by atoms with van der Waals surface area (Å²) in [5.74, 6) is 0. The molecular weight excluding hydrogens is 144 g/mol. The fraction of sp³-hybridized carbons (Fsp3) is 0.167. The van der Waals surface area contributed by atoms with Gasteiger partial charge in [0.15, 0.2) is 0 Å². The molecule has 0 rings (SSSR count). The van der Waals surface area contributed by atoms with Gasteiger partial charge >= 0.3 is 0 Å². The van der Waals surface area contributed by atoms with Crippen molar-refractivity contribution in [3.8, 4) is 0 Å². The Kier molecular flexibility index (Phi) is 5.72. The van der Waals surface area contributed by atoms with Gasteiger partial charge < -0.3 is 0 Å². The zero-order chi connectivity index (χ0) is 9.40. The van der Waals surface area contributed by atoms with Crippen LogP contribution in [0.25, 0.3) is 0 Å². The maximum absolute atomic E-state index is 3.78. The third kappa shape index (κ3) is 4.51. The van der Waals surface area contributed by atoms with Crippen LogP contribution in [0.1, 0.15) is 13.8 Å². The molecule has 0 fully saturated rings. The van der Waals surface area contributed by atoms with Crippen LogP contribution in [0.15, 0.2) is 60.8 Å². The quantitative estimate of drug-likeness (QED) is 0.549. The summed E-state index contributed by atoms with van der Waals surface area (Å²) in [6, 6.07) is 0. The van der Waals surface area contributed by atoms with E-state index >= 15 is 0 Å². The van der Waals surface area contributed by atoms with Crippen molar-refractivity contribution in [2.75, 3.05) is 0 Å². The molecule has 0 aromatic rings. The van der Waals surface area contributed by atoms with Crippen molar-refractivity contribution in [3.63, 3.8) is 0 Å². The lowest BCUT2D eigenvalue weighted by molar-refractivity contribution is 1.56. The minimum absolute atomic E-state index is 0.929. The van der Waals surface area contributed by atoms with Crippen LogP contribution >= 0.6 is 0 Å². The van der Waals surface area contributed by atoms with Gasteiger partial charge in [0.1, 0.15) is 0 Å². The zero-order valence-electron chi connectivity index (χ0n) is 7.88. The molecule has 0 aliphatic rings. The second kappa shape index (κ2) is 6.41. The van der Waals surface area contributed by atoms with Gasteiger partial charge in [-0.05, 0) is 25.0 Å². The van der Waals surface area contributed by atoms with Crippen LogP contribution in [0.4, 0.5) is 0 Å². The summed E-state index contributed by atoms with van der Waals surface area (Å²) >= 11 is 0. The predicted octanol–water partition coefficient (Wildman–Crippen LogP) is 3.81. The Morgan fingerprint density at radius 2 is 1.75 bits per heavy atom. The van der Waals surface area contributed by atoms with E-state index in [0.29, 0.717) is 0 Å². The summed E-state index contributed by atoms with van der Waals surface area (Å²) in [5, 5.41) is 0. The Hall–Kier alpha value is -1.30. The smallest absolute Gasteiger partial charge is 0.0302 e. The summed E-state index contributed by atoms with van der Waals surface area (Å²) in [5.41, 5.74) is 2.11. The molecule has 0 aromatic heterocycles. The number of hydrogen-bond acceptors (Lipinski definition) is 0. The first-order valence-corrected chi connectivity index (χ1v) is 4.03. The molecule has 0 atom stereocenters. The zero-order valence-corrected chi connectivity index (χ0v) is 7.88. The molecule has 0 aliphatic carbocycles. The van der Waals surface area contributed by atoms with Crippen LogP contribution in [0.5, 0.6) is 0 Å². The lowest BCUT2D eigenvalue weighted by Crippen LogP contribution is -1.70. The van der Waals surface area contributed by atoms with E-state index in [4.69, 9.17) is 0 Å². The topological polar surface area (TPSA) is 0 Å². The Bertz CT molecular complexity index is 237. The van der Waals surface area contributed by atoms with E-state index in [1.54, 1.807) is 6.08 Å². The number of rotatable bonds is 4. The van der Waals surface area contributed by atoms with E-state index in [2.05, 4.69) is 13.2 Å². The van der Waals surface area contributed by atoms with Gasteiger partial charge in [0.2, 0.25) is 0 Å². The maximum Gasteiger partial charge on any atom is -0.0302 e. The number of allylic oxidation sites excluding steroid dienone is 8. The van der Waals surface area contributed by atoms with Crippen LogP contribution in [0, 0.1) is 0 Å². The first-order chi connectivity index (χ1) is 5.74. The molecule has 0 saturated heterocycles. The van der Waals surface area contributed by atoms with Crippen LogP contribution in [-0.2, 0) is 0 Å². The summed E-state index contributed by atoms with van der Waals surface area (Å²) in [7, 11) is 0. The summed E-state index contributed by atoms with van der Waals surface area (Å²) in [4.78, 5) is 0. The Morgan fingerprint density at radius 1 is 1.08 bits per heavy atom. The molecule has 12 heavy (non-hydrogen) atoms. The fourth-order valence-electron chi connectivity index (χ4n) is 0.712. The third-order valence-electron chi connectivity index (χ3n) is 1.44. The van der Waals surface area contributed by atoms with Crippen molar-refractivity contribution >= 4 is 0 Å². The predicted molar refractivity (Wildman–Crippen MR) is 57.0 cm³/mol. The van der Waals surface area contributed by atoms with E-state index in [1.807, 2.05) is 44.2 Å². The van der Waals surface area contributed by atoms with Crippen molar-refractivity contribution in [1.29, 1.82) is 0 Å². The first kappa shape index (κ1) is 10.7. The molecule has 0 heteroatoms. The Balaban J connectivity index is 4.31. The minimum atomic E-state index is 0.929. The maximum atomic E-state index is 3.78. The molecule has 0 spiro atoms. The highest BCUT2D eigenvalue weighted by Gasteiger charge is 1.81. The summed E-state index contributed by atoms with van der Waals surface area (Å²) in [6.07, 6.45) is 11.8. The summed E-state index contributed by atoms with van der Waals surface area (Å²) < 4.78 is 0. The van der Waals surface area contributed by atoms with E-state index < -0.39 is 0 Å². The molecule has 0 amide bonds. The molecule has 0 radical (unpaired) electrons. The van der Waals surface area contributed by atoms with Crippen molar-refractivity contribution in [2.24, 2.45) is 0 Å². The van der Waals surface area contributed by atoms with Gasteiger partial charge in [-0.25, -0.2) is 0 Å². The summed E-state index contributed by atoms with van der Waals surface area (Å²) in [6.45, 7) is 11.4. The standard InChI is InChI=1S/C12H16/c1-5-8-12(7-3)10-9-11(4)6-2/h5-10H,2,4H2,1,3H3/b8-5+,10-9-,12-7-.